The van der Waals surface area contributed by atoms with E-state index in [1.54, 1.807) is 0 Å². The molecule has 0 fully saturated rings. The van der Waals surface area contributed by atoms with Gasteiger partial charge in [0.2, 0.25) is 0 Å². The van der Waals surface area contributed by atoms with Gasteiger partial charge >= 0.3 is 0 Å². The molecule has 1 atom stereocenters. The van der Waals surface area contributed by atoms with Crippen LogP contribution in [0.3, 0.4) is 0 Å². The smallest absolute Gasteiger partial charge is 0.258 e. The van der Waals surface area contributed by atoms with E-state index in [-0.39, 0.29) is 18.6 Å². The predicted octanol–water partition coefficient (Wildman–Crippen LogP) is 2.87. The first-order valence-corrected chi connectivity index (χ1v) is 6.36. The Morgan fingerprint density at radius 2 is 2.06 bits per heavy atom. The van der Waals surface area contributed by atoms with E-state index in [0.717, 1.165) is 6.42 Å². The minimum absolute atomic E-state index is 0.105. The first kappa shape index (κ1) is 14.9. The van der Waals surface area contributed by atoms with Crippen LogP contribution in [0.1, 0.15) is 20.3 Å². The molecule has 6 heteroatoms. The van der Waals surface area contributed by atoms with Crippen molar-refractivity contribution in [2.45, 2.75) is 26.3 Å². The lowest BCUT2D eigenvalue weighted by molar-refractivity contribution is -0.123. The summed E-state index contributed by atoms with van der Waals surface area (Å²) in [7, 11) is 0. The van der Waals surface area contributed by atoms with Crippen molar-refractivity contribution in [3.05, 3.63) is 22.2 Å². The van der Waals surface area contributed by atoms with Gasteiger partial charge in [-0.2, -0.15) is 0 Å². The number of carbonyl (C=O) groups is 1. The molecule has 0 heterocycles. The lowest BCUT2D eigenvalue weighted by Gasteiger charge is -2.13. The third-order valence-corrected chi connectivity index (χ3v) is 3.15. The molecule has 0 spiro atoms. The molecule has 18 heavy (non-hydrogen) atoms. The van der Waals surface area contributed by atoms with E-state index in [2.05, 4.69) is 5.32 Å². The highest BCUT2D eigenvalue weighted by Gasteiger charge is 2.10. The minimum Gasteiger partial charge on any atom is -0.482 e. The van der Waals surface area contributed by atoms with Crippen LogP contribution in [0.25, 0.3) is 0 Å². The fourth-order valence-corrected chi connectivity index (χ4v) is 1.56. The van der Waals surface area contributed by atoms with Gasteiger partial charge in [0.25, 0.3) is 5.91 Å². The largest absolute Gasteiger partial charge is 0.482 e. The molecule has 0 aliphatic heterocycles. The maximum Gasteiger partial charge on any atom is 0.258 e. The zero-order valence-corrected chi connectivity index (χ0v) is 11.8. The lowest BCUT2D eigenvalue weighted by Crippen LogP contribution is -2.35. The molecule has 1 rings (SSSR count). The minimum atomic E-state index is -0.199. The van der Waals surface area contributed by atoms with Crippen LogP contribution in [0, 0.1) is 0 Å². The molecule has 1 aromatic rings. The summed E-state index contributed by atoms with van der Waals surface area (Å²) < 4.78 is 5.30. The number of benzene rings is 1. The summed E-state index contributed by atoms with van der Waals surface area (Å²) >= 11 is 11.6. The summed E-state index contributed by atoms with van der Waals surface area (Å²) in [6.07, 6.45) is 0.862. The highest BCUT2D eigenvalue weighted by molar-refractivity contribution is 6.42. The van der Waals surface area contributed by atoms with Crippen molar-refractivity contribution >= 4 is 34.8 Å². The van der Waals surface area contributed by atoms with Gasteiger partial charge in [-0.3, -0.25) is 4.79 Å². The van der Waals surface area contributed by atoms with Crippen molar-refractivity contribution < 1.29 is 9.53 Å². The Labute approximate surface area is 116 Å². The molecule has 0 saturated heterocycles. The number of halogens is 2. The number of rotatable bonds is 5. The Morgan fingerprint density at radius 1 is 1.44 bits per heavy atom. The molecule has 1 amide bonds. The van der Waals surface area contributed by atoms with Crippen molar-refractivity contribution in [2.75, 3.05) is 12.3 Å². The second-order valence-electron chi connectivity index (χ2n) is 3.97. The zero-order chi connectivity index (χ0) is 13.7. The molecule has 0 aromatic heterocycles. The number of nitrogen functional groups attached to an aromatic ring is 1. The van der Waals surface area contributed by atoms with Crippen molar-refractivity contribution in [3.63, 3.8) is 0 Å². The van der Waals surface area contributed by atoms with E-state index in [1.807, 2.05) is 13.8 Å². The monoisotopic (exact) mass is 290 g/mol. The van der Waals surface area contributed by atoms with Crippen LogP contribution in [0.5, 0.6) is 5.75 Å². The molecule has 0 saturated carbocycles. The quantitative estimate of drug-likeness (QED) is 0.820. The van der Waals surface area contributed by atoms with Crippen molar-refractivity contribution in [1.29, 1.82) is 0 Å². The number of amides is 1. The zero-order valence-electron chi connectivity index (χ0n) is 10.3. The molecular formula is C12H16Cl2N2O2. The Bertz CT molecular complexity index is 438. The lowest BCUT2D eigenvalue weighted by atomic mass is 10.2. The van der Waals surface area contributed by atoms with Gasteiger partial charge in [0.1, 0.15) is 5.75 Å². The topological polar surface area (TPSA) is 64.3 Å². The maximum atomic E-state index is 11.5. The van der Waals surface area contributed by atoms with E-state index in [1.165, 1.54) is 12.1 Å². The van der Waals surface area contributed by atoms with Crippen LogP contribution in [-0.2, 0) is 4.79 Å². The van der Waals surface area contributed by atoms with Crippen molar-refractivity contribution in [1.82, 2.24) is 5.32 Å². The third kappa shape index (κ3) is 4.27. The first-order valence-electron chi connectivity index (χ1n) is 5.60. The van der Waals surface area contributed by atoms with Crippen LogP contribution >= 0.6 is 23.2 Å². The van der Waals surface area contributed by atoms with Crippen LogP contribution < -0.4 is 15.8 Å². The molecule has 0 aliphatic rings. The number of nitrogens with two attached hydrogens (primary N) is 1. The van der Waals surface area contributed by atoms with Crippen molar-refractivity contribution in [2.24, 2.45) is 0 Å². The van der Waals surface area contributed by atoms with Crippen molar-refractivity contribution in [3.8, 4) is 5.75 Å². The number of carbonyl (C=O) groups excluding carboxylic acids is 1. The standard InChI is InChI=1S/C12H16Cl2N2O2/c1-3-7(2)16-12(17)6-18-11-5-9(14)8(13)4-10(11)15/h4-5,7H,3,6,15H2,1-2H3,(H,16,17). The summed E-state index contributed by atoms with van der Waals surface area (Å²) in [5.74, 6) is 0.151. The molecule has 0 aliphatic carbocycles. The van der Waals surface area contributed by atoms with E-state index < -0.39 is 0 Å². The van der Waals surface area contributed by atoms with Gasteiger partial charge in [0.05, 0.1) is 15.7 Å². The molecule has 1 unspecified atom stereocenters. The third-order valence-electron chi connectivity index (χ3n) is 2.43. The summed E-state index contributed by atoms with van der Waals surface area (Å²) in [5, 5.41) is 3.47. The maximum absolute atomic E-state index is 11.5. The molecule has 3 N–H and O–H groups in total. The molecular weight excluding hydrogens is 275 g/mol. The average molecular weight is 291 g/mol. The normalized spacial score (nSPS) is 12.0. The van der Waals surface area contributed by atoms with Crippen LogP contribution in [0.4, 0.5) is 5.69 Å². The van der Waals surface area contributed by atoms with Gasteiger partial charge in [0, 0.05) is 12.1 Å². The van der Waals surface area contributed by atoms with Gasteiger partial charge in [-0.25, -0.2) is 0 Å². The Balaban J connectivity index is 2.58. The molecule has 4 nitrogen and oxygen atoms in total. The fraction of sp³-hybridized carbons (Fsp3) is 0.417. The molecule has 0 radical (unpaired) electrons. The first-order chi connectivity index (χ1) is 8.43. The van der Waals surface area contributed by atoms with Gasteiger partial charge < -0.3 is 15.8 Å². The van der Waals surface area contributed by atoms with Crippen LogP contribution in [-0.4, -0.2) is 18.6 Å². The summed E-state index contributed by atoms with van der Waals surface area (Å²) in [6.45, 7) is 3.81. The number of nitrogens with one attached hydrogen (secondary N) is 1. The summed E-state index contributed by atoms with van der Waals surface area (Å²) in [4.78, 5) is 11.5. The Morgan fingerprint density at radius 3 is 2.67 bits per heavy atom. The molecule has 0 bridgehead atoms. The molecule has 100 valence electrons. The summed E-state index contributed by atoms with van der Waals surface area (Å²) in [6, 6.07) is 3.11. The second kappa shape index (κ2) is 6.71. The Hall–Kier alpha value is -1.13. The molecule has 1 aromatic carbocycles. The van der Waals surface area contributed by atoms with Crippen LogP contribution in [0.2, 0.25) is 10.0 Å². The number of hydrogen-bond acceptors (Lipinski definition) is 3. The van der Waals surface area contributed by atoms with Gasteiger partial charge in [-0.1, -0.05) is 30.1 Å². The highest BCUT2D eigenvalue weighted by Crippen LogP contribution is 2.32. The Kier molecular flexibility index (Phi) is 5.56. The van der Waals surface area contributed by atoms with E-state index >= 15 is 0 Å². The van der Waals surface area contributed by atoms with Gasteiger partial charge in [-0.05, 0) is 19.4 Å². The SMILES string of the molecule is CCC(C)NC(=O)COc1cc(Cl)c(Cl)cc1N. The average Bonchev–Trinajstić information content (AvgIpc) is 2.32. The van der Waals surface area contributed by atoms with Gasteiger partial charge in [0.15, 0.2) is 6.61 Å². The number of hydrogen-bond donors (Lipinski definition) is 2. The number of anilines is 1. The van der Waals surface area contributed by atoms with E-state index in [4.69, 9.17) is 33.7 Å². The highest BCUT2D eigenvalue weighted by atomic mass is 35.5. The van der Waals surface area contributed by atoms with Crippen LogP contribution in [0.15, 0.2) is 12.1 Å². The fourth-order valence-electron chi connectivity index (χ4n) is 1.23. The van der Waals surface area contributed by atoms with E-state index in [9.17, 15) is 4.79 Å². The van der Waals surface area contributed by atoms with E-state index in [0.29, 0.717) is 21.5 Å². The van der Waals surface area contributed by atoms with Gasteiger partial charge in [-0.15, -0.1) is 0 Å². The number of ether oxygens (including phenoxy) is 1. The second-order valence-corrected chi connectivity index (χ2v) is 4.78. The predicted molar refractivity (Wildman–Crippen MR) is 74.3 cm³/mol. The summed E-state index contributed by atoms with van der Waals surface area (Å²) in [5.41, 5.74) is 6.05.